The summed E-state index contributed by atoms with van der Waals surface area (Å²) in [5.41, 5.74) is 0.773. The van der Waals surface area contributed by atoms with Crippen LogP contribution in [0.5, 0.6) is 0 Å². The molecule has 1 N–H and O–H groups in total. The van der Waals surface area contributed by atoms with E-state index in [1.54, 1.807) is 12.1 Å². The molecule has 3 aromatic rings. The number of fused-ring (bicyclic) bond motifs is 1. The van der Waals surface area contributed by atoms with Crippen LogP contribution >= 0.6 is 0 Å². The van der Waals surface area contributed by atoms with Crippen molar-refractivity contribution < 1.29 is 13.2 Å². The van der Waals surface area contributed by atoms with E-state index in [1.165, 1.54) is 24.5 Å². The normalized spacial score (nSPS) is 11.9. The van der Waals surface area contributed by atoms with Gasteiger partial charge in [-0.25, -0.2) is 4.98 Å². The molecule has 3 rings (SSSR count). The Labute approximate surface area is 106 Å². The molecule has 1 aromatic carbocycles. The van der Waals surface area contributed by atoms with Crippen LogP contribution in [-0.2, 0) is 6.18 Å². The Kier molecular flexibility index (Phi) is 2.51. The van der Waals surface area contributed by atoms with Gasteiger partial charge in [0.25, 0.3) is 0 Å². The molecule has 0 aliphatic rings. The standard InChI is InChI=1S/C13H8F3N3/c14-13(15,16)9-4-2-1-3-8(9)10-7-11-12(19-10)18-6-5-17-11/h1-7H,(H,18,19). The van der Waals surface area contributed by atoms with Gasteiger partial charge in [-0.15, -0.1) is 0 Å². The first-order chi connectivity index (χ1) is 9.05. The Bertz CT molecular complexity index is 698. The highest BCUT2D eigenvalue weighted by molar-refractivity contribution is 5.80. The summed E-state index contributed by atoms with van der Waals surface area (Å²) in [6, 6.07) is 6.98. The molecule has 6 heteroatoms. The molecule has 0 bridgehead atoms. The molecule has 19 heavy (non-hydrogen) atoms. The van der Waals surface area contributed by atoms with E-state index in [0.717, 1.165) is 6.07 Å². The van der Waals surface area contributed by atoms with E-state index in [-0.39, 0.29) is 5.56 Å². The monoisotopic (exact) mass is 263 g/mol. The largest absolute Gasteiger partial charge is 0.417 e. The number of nitrogens with one attached hydrogen (secondary N) is 1. The summed E-state index contributed by atoms with van der Waals surface area (Å²) >= 11 is 0. The summed E-state index contributed by atoms with van der Waals surface area (Å²) < 4.78 is 38.8. The molecule has 0 fully saturated rings. The maximum atomic E-state index is 12.9. The lowest BCUT2D eigenvalue weighted by molar-refractivity contribution is -0.137. The summed E-state index contributed by atoms with van der Waals surface area (Å²) in [4.78, 5) is 10.9. The summed E-state index contributed by atoms with van der Waals surface area (Å²) in [6.45, 7) is 0. The molecule has 3 nitrogen and oxygen atoms in total. The number of aromatic amines is 1. The van der Waals surface area contributed by atoms with E-state index in [2.05, 4.69) is 15.0 Å². The van der Waals surface area contributed by atoms with Gasteiger partial charge in [-0.2, -0.15) is 13.2 Å². The van der Waals surface area contributed by atoms with E-state index in [4.69, 9.17) is 0 Å². The quantitative estimate of drug-likeness (QED) is 0.728. The third kappa shape index (κ3) is 2.05. The van der Waals surface area contributed by atoms with Gasteiger partial charge >= 0.3 is 6.18 Å². The number of nitrogens with zero attached hydrogens (tertiary/aromatic N) is 2. The van der Waals surface area contributed by atoms with Crippen LogP contribution in [0.1, 0.15) is 5.56 Å². The maximum absolute atomic E-state index is 12.9. The summed E-state index contributed by atoms with van der Waals surface area (Å²) in [6.07, 6.45) is -1.41. The number of hydrogen-bond donors (Lipinski definition) is 1. The van der Waals surface area contributed by atoms with Crippen LogP contribution in [0.4, 0.5) is 13.2 Å². The predicted octanol–water partition coefficient (Wildman–Crippen LogP) is 3.64. The minimum Gasteiger partial charge on any atom is -0.338 e. The molecular weight excluding hydrogens is 255 g/mol. The van der Waals surface area contributed by atoms with E-state index in [1.807, 2.05) is 0 Å². The van der Waals surface area contributed by atoms with Gasteiger partial charge in [0.2, 0.25) is 0 Å². The number of aromatic nitrogens is 3. The second kappa shape index (κ2) is 4.08. The second-order valence-electron chi connectivity index (χ2n) is 4.02. The maximum Gasteiger partial charge on any atom is 0.417 e. The number of benzene rings is 1. The number of rotatable bonds is 1. The predicted molar refractivity (Wildman–Crippen MR) is 64.3 cm³/mol. The van der Waals surface area contributed by atoms with Crippen LogP contribution in [0.3, 0.4) is 0 Å². The first-order valence-corrected chi connectivity index (χ1v) is 5.52. The number of hydrogen-bond acceptors (Lipinski definition) is 2. The molecule has 0 aliphatic heterocycles. The highest BCUT2D eigenvalue weighted by Gasteiger charge is 2.33. The minimum absolute atomic E-state index is 0.0924. The van der Waals surface area contributed by atoms with Gasteiger partial charge in [-0.1, -0.05) is 18.2 Å². The van der Waals surface area contributed by atoms with Crippen LogP contribution in [0.15, 0.2) is 42.7 Å². The Hall–Kier alpha value is -2.37. The Balaban J connectivity index is 2.22. The Morgan fingerprint density at radius 3 is 2.47 bits per heavy atom. The van der Waals surface area contributed by atoms with Gasteiger partial charge in [0.05, 0.1) is 5.56 Å². The molecule has 0 atom stereocenters. The Morgan fingerprint density at radius 2 is 1.74 bits per heavy atom. The molecular formula is C13H8F3N3. The van der Waals surface area contributed by atoms with E-state index < -0.39 is 11.7 Å². The van der Waals surface area contributed by atoms with Gasteiger partial charge in [0, 0.05) is 23.7 Å². The third-order valence-corrected chi connectivity index (χ3v) is 2.78. The molecule has 0 aliphatic carbocycles. The molecule has 2 aromatic heterocycles. The molecule has 2 heterocycles. The van der Waals surface area contributed by atoms with E-state index in [9.17, 15) is 13.2 Å². The van der Waals surface area contributed by atoms with Crippen LogP contribution < -0.4 is 0 Å². The average molecular weight is 263 g/mol. The smallest absolute Gasteiger partial charge is 0.338 e. The molecule has 0 amide bonds. The van der Waals surface area contributed by atoms with Gasteiger partial charge < -0.3 is 4.98 Å². The summed E-state index contributed by atoms with van der Waals surface area (Å²) in [7, 11) is 0. The zero-order valence-electron chi connectivity index (χ0n) is 9.57. The minimum atomic E-state index is -4.39. The van der Waals surface area contributed by atoms with E-state index in [0.29, 0.717) is 16.9 Å². The van der Waals surface area contributed by atoms with Gasteiger partial charge in [-0.3, -0.25) is 4.98 Å². The van der Waals surface area contributed by atoms with Crippen molar-refractivity contribution >= 4 is 11.2 Å². The summed E-state index contributed by atoms with van der Waals surface area (Å²) in [5.74, 6) is 0. The number of halogens is 3. The summed E-state index contributed by atoms with van der Waals surface area (Å²) in [5, 5.41) is 0. The van der Waals surface area contributed by atoms with Crippen LogP contribution in [0.25, 0.3) is 22.4 Å². The average Bonchev–Trinajstić information content (AvgIpc) is 2.81. The Morgan fingerprint density at radius 1 is 1.00 bits per heavy atom. The fourth-order valence-electron chi connectivity index (χ4n) is 1.96. The van der Waals surface area contributed by atoms with Crippen molar-refractivity contribution in [2.75, 3.05) is 0 Å². The van der Waals surface area contributed by atoms with Crippen molar-refractivity contribution in [3.8, 4) is 11.3 Å². The van der Waals surface area contributed by atoms with Crippen molar-refractivity contribution in [2.45, 2.75) is 6.18 Å². The third-order valence-electron chi connectivity index (χ3n) is 2.78. The van der Waals surface area contributed by atoms with Crippen molar-refractivity contribution in [1.29, 1.82) is 0 Å². The van der Waals surface area contributed by atoms with Crippen LogP contribution in [0.2, 0.25) is 0 Å². The lowest BCUT2D eigenvalue weighted by Gasteiger charge is -2.11. The fourth-order valence-corrected chi connectivity index (χ4v) is 1.96. The number of H-pyrrole nitrogens is 1. The molecule has 0 saturated heterocycles. The second-order valence-corrected chi connectivity index (χ2v) is 4.02. The lowest BCUT2D eigenvalue weighted by atomic mass is 10.0. The van der Waals surface area contributed by atoms with Gasteiger partial charge in [-0.05, 0) is 12.1 Å². The van der Waals surface area contributed by atoms with E-state index >= 15 is 0 Å². The highest BCUT2D eigenvalue weighted by Crippen LogP contribution is 2.36. The topological polar surface area (TPSA) is 41.6 Å². The fraction of sp³-hybridized carbons (Fsp3) is 0.0769. The van der Waals surface area contributed by atoms with Gasteiger partial charge in [0.1, 0.15) is 5.52 Å². The zero-order valence-corrected chi connectivity index (χ0v) is 9.57. The van der Waals surface area contributed by atoms with Crippen LogP contribution in [0, 0.1) is 0 Å². The zero-order chi connectivity index (χ0) is 13.5. The highest BCUT2D eigenvalue weighted by atomic mass is 19.4. The van der Waals surface area contributed by atoms with Crippen molar-refractivity contribution in [1.82, 2.24) is 15.0 Å². The molecule has 0 radical (unpaired) electrons. The lowest BCUT2D eigenvalue weighted by Crippen LogP contribution is -2.06. The van der Waals surface area contributed by atoms with Crippen molar-refractivity contribution in [2.24, 2.45) is 0 Å². The van der Waals surface area contributed by atoms with Crippen molar-refractivity contribution in [3.05, 3.63) is 48.3 Å². The molecule has 0 spiro atoms. The first kappa shape index (κ1) is 11.7. The first-order valence-electron chi connectivity index (χ1n) is 5.52. The SMILES string of the molecule is FC(F)(F)c1ccccc1-c1cc2nccnc2[nH]1. The molecule has 96 valence electrons. The number of alkyl halides is 3. The molecule has 0 unspecified atom stereocenters. The molecule has 0 saturated carbocycles. The van der Waals surface area contributed by atoms with Gasteiger partial charge in [0.15, 0.2) is 5.65 Å². The van der Waals surface area contributed by atoms with Crippen LogP contribution in [-0.4, -0.2) is 15.0 Å². The van der Waals surface area contributed by atoms with Crippen molar-refractivity contribution in [3.63, 3.8) is 0 Å².